The van der Waals surface area contributed by atoms with E-state index in [1.165, 1.54) is 11.1 Å². The van der Waals surface area contributed by atoms with Crippen LogP contribution in [0.5, 0.6) is 0 Å². The van der Waals surface area contributed by atoms with Gasteiger partial charge in [-0.2, -0.15) is 0 Å². The lowest BCUT2D eigenvalue weighted by molar-refractivity contribution is 1.06. The smallest absolute Gasteiger partial charge is 0.0572 e. The Bertz CT molecular complexity index is 1590. The third kappa shape index (κ3) is 4.60. The number of aromatic nitrogens is 3. The van der Waals surface area contributed by atoms with Gasteiger partial charge in [-0.15, -0.1) is 0 Å². The van der Waals surface area contributed by atoms with Crippen molar-refractivity contribution in [1.29, 1.82) is 0 Å². The van der Waals surface area contributed by atoms with Crippen molar-refractivity contribution < 1.29 is 0 Å². The summed E-state index contributed by atoms with van der Waals surface area (Å²) in [6.07, 6.45) is 13.4. The van der Waals surface area contributed by atoms with Gasteiger partial charge < -0.3 is 4.57 Å². The van der Waals surface area contributed by atoms with Crippen LogP contribution in [0.1, 0.15) is 27.9 Å². The van der Waals surface area contributed by atoms with E-state index in [2.05, 4.69) is 102 Å². The average Bonchev–Trinajstić information content (AvgIpc) is 3.21. The second-order valence-corrected chi connectivity index (χ2v) is 8.95. The largest absolute Gasteiger partial charge is 0.309 e. The maximum atomic E-state index is 4.31. The van der Waals surface area contributed by atoms with E-state index in [0.717, 1.165) is 50.5 Å². The molecule has 0 spiro atoms. The van der Waals surface area contributed by atoms with E-state index < -0.39 is 0 Å². The molecule has 180 valence electrons. The minimum atomic E-state index is 1.02. The molecular weight excluding hydrogens is 450 g/mol. The van der Waals surface area contributed by atoms with E-state index in [1.54, 1.807) is 12.4 Å². The van der Waals surface area contributed by atoms with Crippen molar-refractivity contribution in [3.63, 3.8) is 0 Å². The number of hydrogen-bond donors (Lipinski definition) is 0. The summed E-state index contributed by atoms with van der Waals surface area (Å²) < 4.78 is 2.34. The maximum Gasteiger partial charge on any atom is 0.0572 e. The summed E-state index contributed by atoms with van der Waals surface area (Å²) in [6, 6.07) is 25.1. The van der Waals surface area contributed by atoms with Gasteiger partial charge in [-0.05, 0) is 78.1 Å². The van der Waals surface area contributed by atoms with Gasteiger partial charge in [0.2, 0.25) is 0 Å². The zero-order chi connectivity index (χ0) is 25.8. The molecule has 0 fully saturated rings. The molecule has 5 aromatic rings. The van der Waals surface area contributed by atoms with Gasteiger partial charge in [0.1, 0.15) is 0 Å². The lowest BCUT2D eigenvalue weighted by Crippen LogP contribution is -2.01. The number of allylic oxidation sites excluding steroid dienone is 2. The van der Waals surface area contributed by atoms with Gasteiger partial charge in [-0.25, -0.2) is 0 Å². The van der Waals surface area contributed by atoms with Crippen molar-refractivity contribution in [1.82, 2.24) is 14.5 Å². The molecular formula is C34H29N3. The molecule has 5 rings (SSSR count). The zero-order valence-corrected chi connectivity index (χ0v) is 21.2. The molecule has 3 heterocycles. The molecule has 0 aliphatic rings. The van der Waals surface area contributed by atoms with E-state index in [1.807, 2.05) is 42.7 Å². The van der Waals surface area contributed by atoms with Gasteiger partial charge in [0.15, 0.2) is 0 Å². The van der Waals surface area contributed by atoms with Gasteiger partial charge in [0.05, 0.1) is 11.4 Å². The molecule has 0 radical (unpaired) electrons. The van der Waals surface area contributed by atoms with Gasteiger partial charge >= 0.3 is 0 Å². The highest BCUT2D eigenvalue weighted by Gasteiger charge is 2.21. The van der Waals surface area contributed by atoms with Crippen LogP contribution in [-0.2, 0) is 0 Å². The summed E-state index contributed by atoms with van der Waals surface area (Å²) in [7, 11) is 0. The van der Waals surface area contributed by atoms with Crippen LogP contribution in [0.3, 0.4) is 0 Å². The molecule has 3 nitrogen and oxygen atoms in total. The van der Waals surface area contributed by atoms with Gasteiger partial charge in [-0.1, -0.05) is 67.8 Å². The molecule has 0 amide bonds. The summed E-state index contributed by atoms with van der Waals surface area (Å²) in [5.74, 6) is 0. The SMILES string of the molecule is C=C/C(=C\c1c(C)c(C)c(-c2ccc(-c3cccnc3)cc2C=C)n1-c1ccccc1)c1cccnc1. The van der Waals surface area contributed by atoms with Crippen LogP contribution in [0.25, 0.3) is 45.8 Å². The lowest BCUT2D eigenvalue weighted by atomic mass is 9.96. The average molecular weight is 480 g/mol. The van der Waals surface area contributed by atoms with Crippen molar-refractivity contribution in [2.75, 3.05) is 0 Å². The Morgan fingerprint density at radius 3 is 2.19 bits per heavy atom. The third-order valence-electron chi connectivity index (χ3n) is 6.81. The first-order valence-electron chi connectivity index (χ1n) is 12.3. The maximum absolute atomic E-state index is 4.31. The fourth-order valence-electron chi connectivity index (χ4n) is 4.77. The van der Waals surface area contributed by atoms with Gasteiger partial charge in [0.25, 0.3) is 0 Å². The van der Waals surface area contributed by atoms with E-state index >= 15 is 0 Å². The summed E-state index contributed by atoms with van der Waals surface area (Å²) in [5.41, 5.74) is 12.3. The predicted octanol–water partition coefficient (Wildman–Crippen LogP) is 8.59. The van der Waals surface area contributed by atoms with Crippen molar-refractivity contribution in [2.45, 2.75) is 13.8 Å². The van der Waals surface area contributed by atoms with Crippen molar-refractivity contribution >= 4 is 17.7 Å². The topological polar surface area (TPSA) is 30.7 Å². The zero-order valence-electron chi connectivity index (χ0n) is 21.2. The number of nitrogens with zero attached hydrogens (tertiary/aromatic N) is 3. The quantitative estimate of drug-likeness (QED) is 0.219. The predicted molar refractivity (Wildman–Crippen MR) is 156 cm³/mol. The van der Waals surface area contributed by atoms with Crippen LogP contribution in [0.4, 0.5) is 0 Å². The minimum Gasteiger partial charge on any atom is -0.309 e. The second kappa shape index (κ2) is 10.5. The van der Waals surface area contributed by atoms with Crippen molar-refractivity contribution in [3.05, 3.63) is 145 Å². The Morgan fingerprint density at radius 1 is 0.784 bits per heavy atom. The summed E-state index contributed by atoms with van der Waals surface area (Å²) in [6.45, 7) is 12.6. The fourth-order valence-corrected chi connectivity index (χ4v) is 4.77. The molecule has 0 N–H and O–H groups in total. The van der Waals surface area contributed by atoms with E-state index in [-0.39, 0.29) is 0 Å². The van der Waals surface area contributed by atoms with Crippen LogP contribution in [0, 0.1) is 13.8 Å². The molecule has 3 aromatic heterocycles. The summed E-state index contributed by atoms with van der Waals surface area (Å²) in [5, 5.41) is 0. The normalized spacial score (nSPS) is 11.4. The Balaban J connectivity index is 1.78. The third-order valence-corrected chi connectivity index (χ3v) is 6.81. The molecule has 0 saturated heterocycles. The molecule has 2 aromatic carbocycles. The molecule has 0 bridgehead atoms. The fraction of sp³-hybridized carbons (Fsp3) is 0.0588. The van der Waals surface area contributed by atoms with Crippen LogP contribution >= 0.6 is 0 Å². The molecule has 0 aliphatic carbocycles. The van der Waals surface area contributed by atoms with Gasteiger partial charge in [0, 0.05) is 47.2 Å². The molecule has 0 unspecified atom stereocenters. The van der Waals surface area contributed by atoms with Gasteiger partial charge in [-0.3, -0.25) is 9.97 Å². The molecule has 37 heavy (non-hydrogen) atoms. The van der Waals surface area contributed by atoms with Crippen LogP contribution in [-0.4, -0.2) is 14.5 Å². The lowest BCUT2D eigenvalue weighted by Gasteiger charge is -2.16. The Labute approximate surface area is 218 Å². The number of benzene rings is 2. The van der Waals surface area contributed by atoms with E-state index in [4.69, 9.17) is 0 Å². The van der Waals surface area contributed by atoms with Crippen molar-refractivity contribution in [3.8, 4) is 28.1 Å². The standard InChI is InChI=1S/C34H29N3/c1-5-26(29-12-10-18-35-22-29)21-33-24(3)25(4)34(37(33)31-14-8-7-9-15-31)32-17-16-28(20-27(32)6-2)30-13-11-19-36-23-30/h5-23H,1-2H2,3-4H3/b26-21+. The first kappa shape index (κ1) is 24.0. The first-order valence-corrected chi connectivity index (χ1v) is 12.3. The van der Waals surface area contributed by atoms with Crippen molar-refractivity contribution in [2.24, 2.45) is 0 Å². The highest BCUT2D eigenvalue weighted by Crippen LogP contribution is 2.39. The minimum absolute atomic E-state index is 1.02. The highest BCUT2D eigenvalue weighted by atomic mass is 15.0. The first-order chi connectivity index (χ1) is 18.1. The van der Waals surface area contributed by atoms with E-state index in [0.29, 0.717) is 0 Å². The summed E-state index contributed by atoms with van der Waals surface area (Å²) >= 11 is 0. The monoisotopic (exact) mass is 479 g/mol. The second-order valence-electron chi connectivity index (χ2n) is 8.95. The van der Waals surface area contributed by atoms with Crippen LogP contribution in [0.2, 0.25) is 0 Å². The number of pyridine rings is 2. The molecule has 0 aliphatic heterocycles. The summed E-state index contributed by atoms with van der Waals surface area (Å²) in [4.78, 5) is 8.61. The Hall–Kier alpha value is -4.76. The Kier molecular flexibility index (Phi) is 6.78. The molecule has 0 atom stereocenters. The molecule has 0 saturated carbocycles. The van der Waals surface area contributed by atoms with Crippen LogP contribution in [0.15, 0.2) is 117 Å². The number of hydrogen-bond acceptors (Lipinski definition) is 2. The molecule has 3 heteroatoms. The number of rotatable bonds is 7. The number of para-hydroxylation sites is 1. The van der Waals surface area contributed by atoms with Crippen LogP contribution < -0.4 is 0 Å². The Morgan fingerprint density at radius 2 is 1.54 bits per heavy atom. The highest BCUT2D eigenvalue weighted by molar-refractivity contribution is 5.90. The van der Waals surface area contributed by atoms with E-state index in [9.17, 15) is 0 Å².